The third kappa shape index (κ3) is 4.75. The molecule has 2 atom stereocenters. The van der Waals surface area contributed by atoms with E-state index >= 15 is 0 Å². The van der Waals surface area contributed by atoms with E-state index in [1.165, 1.54) is 11.8 Å². The molecule has 1 aliphatic heterocycles. The Bertz CT molecular complexity index is 687. The van der Waals surface area contributed by atoms with Gasteiger partial charge in [-0.15, -0.1) is 0 Å². The Morgan fingerprint density at radius 3 is 2.62 bits per heavy atom. The van der Waals surface area contributed by atoms with Gasteiger partial charge in [-0.1, -0.05) is 0 Å². The highest BCUT2D eigenvalue weighted by Crippen LogP contribution is 2.28. The first-order valence-corrected chi connectivity index (χ1v) is 8.22. The van der Waals surface area contributed by atoms with Crippen LogP contribution in [-0.4, -0.2) is 63.6 Å². The lowest BCUT2D eigenvalue weighted by Crippen LogP contribution is -2.47. The molecule has 0 saturated carbocycles. The molecular formula is C16H22F3N3O4. The fraction of sp³-hybridized carbons (Fsp3) is 0.688. The summed E-state index contributed by atoms with van der Waals surface area (Å²) in [6.07, 6.45) is -5.20. The Balaban J connectivity index is 2.16. The molecule has 0 radical (unpaired) electrons. The minimum absolute atomic E-state index is 0.143. The zero-order chi connectivity index (χ0) is 19.6. The van der Waals surface area contributed by atoms with Crippen molar-refractivity contribution in [3.63, 3.8) is 0 Å². The molecule has 2 unspecified atom stereocenters. The molecule has 1 amide bonds. The van der Waals surface area contributed by atoms with Crippen molar-refractivity contribution in [2.24, 2.45) is 0 Å². The van der Waals surface area contributed by atoms with E-state index in [4.69, 9.17) is 9.84 Å². The van der Waals surface area contributed by atoms with Gasteiger partial charge in [0, 0.05) is 24.3 Å². The molecule has 1 aromatic rings. The van der Waals surface area contributed by atoms with Gasteiger partial charge in [0.05, 0.1) is 30.7 Å². The van der Waals surface area contributed by atoms with Gasteiger partial charge in [0.15, 0.2) is 0 Å². The maximum absolute atomic E-state index is 12.8. The molecule has 2 heterocycles. The number of carboxylic acid groups (broad SMARTS) is 1. The summed E-state index contributed by atoms with van der Waals surface area (Å²) in [4.78, 5) is 25.1. The molecule has 0 bridgehead atoms. The highest BCUT2D eigenvalue weighted by atomic mass is 19.4. The summed E-state index contributed by atoms with van der Waals surface area (Å²) in [5.74, 6) is -1.97. The first-order chi connectivity index (χ1) is 12.0. The number of carbonyl (C=O) groups is 2. The van der Waals surface area contributed by atoms with Gasteiger partial charge in [-0.2, -0.15) is 18.3 Å². The van der Waals surface area contributed by atoms with Crippen molar-refractivity contribution < 1.29 is 32.6 Å². The topological polar surface area (TPSA) is 84.7 Å². The number of carbonyl (C=O) groups excluding carboxylic acids is 1. The summed E-state index contributed by atoms with van der Waals surface area (Å²) in [5.41, 5.74) is 1.15. The van der Waals surface area contributed by atoms with Gasteiger partial charge in [-0.05, 0) is 20.8 Å². The van der Waals surface area contributed by atoms with Crippen molar-refractivity contribution in [1.82, 2.24) is 14.7 Å². The van der Waals surface area contributed by atoms with Crippen LogP contribution < -0.4 is 0 Å². The van der Waals surface area contributed by atoms with E-state index in [0.29, 0.717) is 23.5 Å². The van der Waals surface area contributed by atoms with Crippen LogP contribution in [0.1, 0.15) is 36.2 Å². The molecule has 1 saturated heterocycles. The van der Waals surface area contributed by atoms with Crippen molar-refractivity contribution in [3.8, 4) is 0 Å². The third-order valence-corrected chi connectivity index (χ3v) is 4.42. The largest absolute Gasteiger partial charge is 0.481 e. The van der Waals surface area contributed by atoms with Crippen molar-refractivity contribution in [3.05, 3.63) is 17.0 Å². The predicted octanol–water partition coefficient (Wildman–Crippen LogP) is 1.87. The standard InChI is InChI=1S/C16H22F3N3O4/c1-9(14-10(2)20-22(11(14)3)8-16(17,18)19)15(25)21-4-5-26-12(7-21)6-13(23)24/h9,12H,4-8H2,1-3H3,(H,23,24). The van der Waals surface area contributed by atoms with Gasteiger partial charge >= 0.3 is 12.1 Å². The number of hydrogen-bond acceptors (Lipinski definition) is 4. The zero-order valence-corrected chi connectivity index (χ0v) is 14.8. The summed E-state index contributed by atoms with van der Waals surface area (Å²) in [7, 11) is 0. The van der Waals surface area contributed by atoms with E-state index < -0.39 is 30.7 Å². The maximum Gasteiger partial charge on any atom is 0.408 e. The van der Waals surface area contributed by atoms with Crippen molar-refractivity contribution in [2.45, 2.75) is 51.9 Å². The van der Waals surface area contributed by atoms with Gasteiger partial charge in [-0.3, -0.25) is 14.3 Å². The van der Waals surface area contributed by atoms with Crippen molar-refractivity contribution in [2.75, 3.05) is 19.7 Å². The van der Waals surface area contributed by atoms with Gasteiger partial charge in [-0.25, -0.2) is 0 Å². The number of aliphatic carboxylic acids is 1. The molecule has 0 aliphatic carbocycles. The van der Waals surface area contributed by atoms with Crippen LogP contribution in [0.4, 0.5) is 13.2 Å². The van der Waals surface area contributed by atoms with Crippen LogP contribution in [-0.2, 0) is 20.9 Å². The number of amides is 1. The third-order valence-electron chi connectivity index (χ3n) is 4.42. The molecular weight excluding hydrogens is 355 g/mol. The van der Waals surface area contributed by atoms with Crippen LogP contribution in [0.3, 0.4) is 0 Å². The molecule has 26 heavy (non-hydrogen) atoms. The fourth-order valence-corrected chi connectivity index (χ4v) is 3.30. The summed E-state index contributed by atoms with van der Waals surface area (Å²) < 4.78 is 44.2. The number of rotatable bonds is 5. The number of aromatic nitrogens is 2. The van der Waals surface area contributed by atoms with Crippen molar-refractivity contribution in [1.29, 1.82) is 0 Å². The second-order valence-corrected chi connectivity index (χ2v) is 6.45. The van der Waals surface area contributed by atoms with E-state index in [0.717, 1.165) is 4.68 Å². The molecule has 7 nitrogen and oxygen atoms in total. The van der Waals surface area contributed by atoms with Gasteiger partial charge in [0.25, 0.3) is 0 Å². The number of morpholine rings is 1. The Kier molecular flexibility index (Phi) is 5.94. The minimum atomic E-state index is -4.40. The lowest BCUT2D eigenvalue weighted by Gasteiger charge is -2.34. The Hall–Kier alpha value is -2.10. The predicted molar refractivity (Wildman–Crippen MR) is 84.7 cm³/mol. The minimum Gasteiger partial charge on any atom is -0.481 e. The smallest absolute Gasteiger partial charge is 0.408 e. The van der Waals surface area contributed by atoms with Crippen LogP contribution in [0.25, 0.3) is 0 Å². The number of carboxylic acids is 1. The molecule has 146 valence electrons. The van der Waals surface area contributed by atoms with E-state index in [9.17, 15) is 22.8 Å². The Morgan fingerprint density at radius 2 is 2.04 bits per heavy atom. The zero-order valence-electron chi connectivity index (χ0n) is 14.8. The number of aryl methyl sites for hydroxylation is 1. The molecule has 2 rings (SSSR count). The number of alkyl halides is 3. The highest BCUT2D eigenvalue weighted by molar-refractivity contribution is 5.84. The quantitative estimate of drug-likeness (QED) is 0.847. The fourth-order valence-electron chi connectivity index (χ4n) is 3.30. The lowest BCUT2D eigenvalue weighted by molar-refractivity contribution is -0.148. The number of halogens is 3. The SMILES string of the molecule is Cc1nn(CC(F)(F)F)c(C)c1C(C)C(=O)N1CCOC(CC(=O)O)C1. The van der Waals surface area contributed by atoms with Crippen LogP contribution in [0.15, 0.2) is 0 Å². The monoisotopic (exact) mass is 377 g/mol. The summed E-state index contributed by atoms with van der Waals surface area (Å²) >= 11 is 0. The molecule has 1 aliphatic rings. The van der Waals surface area contributed by atoms with Crippen molar-refractivity contribution >= 4 is 11.9 Å². The first-order valence-electron chi connectivity index (χ1n) is 8.22. The molecule has 1 fully saturated rings. The Labute approximate surface area is 148 Å². The van der Waals surface area contributed by atoms with Crippen LogP contribution in [0.5, 0.6) is 0 Å². The van der Waals surface area contributed by atoms with Gasteiger partial charge < -0.3 is 14.7 Å². The van der Waals surface area contributed by atoms with E-state index in [1.54, 1.807) is 13.8 Å². The van der Waals surface area contributed by atoms with E-state index in [-0.39, 0.29) is 25.5 Å². The number of ether oxygens (including phenoxy) is 1. The average Bonchev–Trinajstić information content (AvgIpc) is 2.77. The highest BCUT2D eigenvalue weighted by Gasteiger charge is 2.34. The summed E-state index contributed by atoms with van der Waals surface area (Å²) in [6, 6.07) is 0. The van der Waals surface area contributed by atoms with E-state index in [2.05, 4.69) is 5.10 Å². The molecule has 10 heteroatoms. The molecule has 0 aromatic carbocycles. The Morgan fingerprint density at radius 1 is 1.38 bits per heavy atom. The molecule has 1 N–H and O–H groups in total. The van der Waals surface area contributed by atoms with Gasteiger partial charge in [0.2, 0.25) is 5.91 Å². The lowest BCUT2D eigenvalue weighted by atomic mass is 9.97. The van der Waals surface area contributed by atoms with Crippen LogP contribution >= 0.6 is 0 Å². The van der Waals surface area contributed by atoms with Crippen LogP contribution in [0, 0.1) is 13.8 Å². The second-order valence-electron chi connectivity index (χ2n) is 6.45. The number of hydrogen-bond donors (Lipinski definition) is 1. The first kappa shape index (κ1) is 20.2. The maximum atomic E-state index is 12.8. The average molecular weight is 377 g/mol. The van der Waals surface area contributed by atoms with Gasteiger partial charge in [0.1, 0.15) is 6.54 Å². The molecule has 1 aromatic heterocycles. The molecule has 0 spiro atoms. The number of nitrogens with zero attached hydrogens (tertiary/aromatic N) is 3. The normalized spacial score (nSPS) is 19.5. The summed E-state index contributed by atoms with van der Waals surface area (Å²) in [5, 5.41) is 12.8. The van der Waals surface area contributed by atoms with E-state index in [1.807, 2.05) is 0 Å². The summed E-state index contributed by atoms with van der Waals surface area (Å²) in [6.45, 7) is 4.18. The second kappa shape index (κ2) is 7.65. The van der Waals surface area contributed by atoms with Crippen LogP contribution in [0.2, 0.25) is 0 Å².